The number of H-pyrrole nitrogens is 1. The number of ether oxygens (including phenoxy) is 1. The first kappa shape index (κ1) is 17.9. The van der Waals surface area contributed by atoms with Crippen LogP contribution in [0.2, 0.25) is 0 Å². The highest BCUT2D eigenvalue weighted by molar-refractivity contribution is 7.13. The fourth-order valence-corrected chi connectivity index (χ4v) is 5.09. The van der Waals surface area contributed by atoms with Crippen LogP contribution in [0.25, 0.3) is 10.6 Å². The second-order valence-corrected chi connectivity index (χ2v) is 8.21. The van der Waals surface area contributed by atoms with Crippen LogP contribution in [-0.4, -0.2) is 23.1 Å². The first-order valence-corrected chi connectivity index (χ1v) is 10.5. The SMILES string of the molecule is COc1ccc2c(c1)CC(C(c1ccccc1)c1cn[nH]c1-c1cccs1)C2=O. The van der Waals surface area contributed by atoms with Gasteiger partial charge in [-0.2, -0.15) is 5.10 Å². The van der Waals surface area contributed by atoms with Crippen LogP contribution in [0.3, 0.4) is 0 Å². The van der Waals surface area contributed by atoms with E-state index in [4.69, 9.17) is 4.74 Å². The zero-order valence-corrected chi connectivity index (χ0v) is 16.8. The average molecular weight is 401 g/mol. The van der Waals surface area contributed by atoms with Crippen LogP contribution in [0, 0.1) is 5.92 Å². The minimum absolute atomic E-state index is 0.0713. The molecule has 5 rings (SSSR count). The molecule has 0 saturated carbocycles. The van der Waals surface area contributed by atoms with E-state index in [1.165, 1.54) is 0 Å². The number of nitrogens with one attached hydrogen (secondary N) is 1. The number of carbonyl (C=O) groups is 1. The molecule has 2 unspecified atom stereocenters. The minimum atomic E-state index is -0.171. The number of methoxy groups -OCH3 is 1. The summed E-state index contributed by atoms with van der Waals surface area (Å²) in [5.41, 5.74) is 5.05. The third kappa shape index (κ3) is 3.08. The summed E-state index contributed by atoms with van der Waals surface area (Å²) in [7, 11) is 1.65. The zero-order valence-electron chi connectivity index (χ0n) is 16.0. The van der Waals surface area contributed by atoms with Gasteiger partial charge in [0.1, 0.15) is 5.75 Å². The highest BCUT2D eigenvalue weighted by atomic mass is 32.1. The van der Waals surface area contributed by atoms with Crippen molar-refractivity contribution in [1.82, 2.24) is 10.2 Å². The van der Waals surface area contributed by atoms with Gasteiger partial charge in [-0.3, -0.25) is 9.89 Å². The third-order valence-corrected chi connectivity index (χ3v) is 6.57. The van der Waals surface area contributed by atoms with E-state index in [2.05, 4.69) is 33.8 Å². The highest BCUT2D eigenvalue weighted by Crippen LogP contribution is 2.44. The monoisotopic (exact) mass is 400 g/mol. The number of aromatic amines is 1. The molecular weight excluding hydrogens is 380 g/mol. The summed E-state index contributed by atoms with van der Waals surface area (Å²) in [4.78, 5) is 14.6. The second kappa shape index (κ2) is 7.33. The molecule has 0 amide bonds. The molecule has 0 spiro atoms. The summed E-state index contributed by atoms with van der Waals surface area (Å²) in [6, 6.07) is 20.1. The molecule has 5 heteroatoms. The van der Waals surface area contributed by atoms with E-state index < -0.39 is 0 Å². The lowest BCUT2D eigenvalue weighted by Crippen LogP contribution is -2.20. The standard InChI is InChI=1S/C24H20N2O2S/c1-28-17-9-10-18-16(12-17)13-19(24(18)27)22(15-6-3-2-4-7-15)20-14-25-26-23(20)21-8-5-11-29-21/h2-12,14,19,22H,13H2,1H3,(H,25,26). The lowest BCUT2D eigenvalue weighted by Gasteiger charge is -2.23. The average Bonchev–Trinajstić information content (AvgIpc) is 3.50. The first-order chi connectivity index (χ1) is 14.3. The molecule has 2 aromatic carbocycles. The van der Waals surface area contributed by atoms with Crippen molar-refractivity contribution in [2.75, 3.05) is 7.11 Å². The van der Waals surface area contributed by atoms with Crippen LogP contribution in [0.5, 0.6) is 5.75 Å². The van der Waals surface area contributed by atoms with Crippen molar-refractivity contribution >= 4 is 17.1 Å². The largest absolute Gasteiger partial charge is 0.497 e. The van der Waals surface area contributed by atoms with Crippen LogP contribution >= 0.6 is 11.3 Å². The Kier molecular flexibility index (Phi) is 4.52. The molecule has 1 N–H and O–H groups in total. The van der Waals surface area contributed by atoms with E-state index in [9.17, 15) is 4.79 Å². The minimum Gasteiger partial charge on any atom is -0.497 e. The van der Waals surface area contributed by atoms with Crippen LogP contribution in [0.1, 0.15) is 33.0 Å². The maximum atomic E-state index is 13.4. The van der Waals surface area contributed by atoms with E-state index in [1.807, 2.05) is 48.7 Å². The van der Waals surface area contributed by atoms with E-state index in [1.54, 1.807) is 18.4 Å². The number of Topliss-reactive ketones (excluding diaryl/α,β-unsaturated/α-hetero) is 1. The summed E-state index contributed by atoms with van der Waals surface area (Å²) < 4.78 is 5.37. The molecule has 29 heavy (non-hydrogen) atoms. The van der Waals surface area contributed by atoms with Crippen molar-refractivity contribution in [1.29, 1.82) is 0 Å². The number of hydrogen-bond donors (Lipinski definition) is 1. The van der Waals surface area contributed by atoms with Gasteiger partial charge in [0.2, 0.25) is 0 Å². The lowest BCUT2D eigenvalue weighted by molar-refractivity contribution is 0.0926. The fourth-order valence-electron chi connectivity index (χ4n) is 4.34. The first-order valence-electron chi connectivity index (χ1n) is 9.59. The van der Waals surface area contributed by atoms with Gasteiger partial charge in [0.15, 0.2) is 5.78 Å². The number of nitrogens with zero attached hydrogens (tertiary/aromatic N) is 1. The molecule has 0 radical (unpaired) electrons. The van der Waals surface area contributed by atoms with Crippen LogP contribution in [0.15, 0.2) is 72.2 Å². The number of aromatic nitrogens is 2. The van der Waals surface area contributed by atoms with Crippen LogP contribution in [-0.2, 0) is 6.42 Å². The van der Waals surface area contributed by atoms with Crippen molar-refractivity contribution in [3.05, 3.63) is 94.5 Å². The maximum Gasteiger partial charge on any atom is 0.167 e. The Bertz CT molecular complexity index is 1150. The van der Waals surface area contributed by atoms with Gasteiger partial charge in [0, 0.05) is 23.0 Å². The third-order valence-electron chi connectivity index (χ3n) is 5.69. The van der Waals surface area contributed by atoms with E-state index in [-0.39, 0.29) is 17.6 Å². The summed E-state index contributed by atoms with van der Waals surface area (Å²) in [6.45, 7) is 0. The Labute approximate surface area is 173 Å². The topological polar surface area (TPSA) is 55.0 Å². The number of thiophene rings is 1. The van der Waals surface area contributed by atoms with Gasteiger partial charge in [0.05, 0.1) is 23.9 Å². The molecule has 0 saturated heterocycles. The van der Waals surface area contributed by atoms with Gasteiger partial charge in [0.25, 0.3) is 0 Å². The number of benzene rings is 2. The molecule has 0 fully saturated rings. The number of fused-ring (bicyclic) bond motifs is 1. The van der Waals surface area contributed by atoms with Crippen molar-refractivity contribution in [3.63, 3.8) is 0 Å². The summed E-state index contributed by atoms with van der Waals surface area (Å²) in [5, 5.41) is 9.57. The van der Waals surface area contributed by atoms with Crippen LogP contribution < -0.4 is 4.74 Å². The Morgan fingerprint density at radius 2 is 2.00 bits per heavy atom. The Morgan fingerprint density at radius 1 is 1.14 bits per heavy atom. The molecule has 144 valence electrons. The molecular formula is C24H20N2O2S. The molecule has 2 heterocycles. The quantitative estimate of drug-likeness (QED) is 0.492. The predicted molar refractivity (Wildman–Crippen MR) is 115 cm³/mol. The molecule has 2 atom stereocenters. The summed E-state index contributed by atoms with van der Waals surface area (Å²) in [6.07, 6.45) is 2.57. The van der Waals surface area contributed by atoms with Crippen LogP contribution in [0.4, 0.5) is 0 Å². The lowest BCUT2D eigenvalue weighted by atomic mass is 9.78. The van der Waals surface area contributed by atoms with Crippen molar-refractivity contribution in [2.24, 2.45) is 5.92 Å². The summed E-state index contributed by atoms with van der Waals surface area (Å²) >= 11 is 1.67. The number of ketones is 1. The van der Waals surface area contributed by atoms with Crippen molar-refractivity contribution < 1.29 is 9.53 Å². The molecule has 1 aliphatic carbocycles. The number of rotatable bonds is 5. The van der Waals surface area contributed by atoms with Gasteiger partial charge >= 0.3 is 0 Å². The van der Waals surface area contributed by atoms with Crippen molar-refractivity contribution in [2.45, 2.75) is 12.3 Å². The molecule has 4 nitrogen and oxygen atoms in total. The Balaban J connectivity index is 1.62. The highest BCUT2D eigenvalue weighted by Gasteiger charge is 2.39. The van der Waals surface area contributed by atoms with E-state index in [0.29, 0.717) is 6.42 Å². The van der Waals surface area contributed by atoms with Gasteiger partial charge in [-0.25, -0.2) is 0 Å². The van der Waals surface area contributed by atoms with E-state index in [0.717, 1.165) is 38.6 Å². The molecule has 0 aliphatic heterocycles. The van der Waals surface area contributed by atoms with E-state index >= 15 is 0 Å². The van der Waals surface area contributed by atoms with Gasteiger partial charge in [-0.1, -0.05) is 36.4 Å². The fraction of sp³-hybridized carbons (Fsp3) is 0.167. The van der Waals surface area contributed by atoms with Gasteiger partial charge in [-0.05, 0) is 47.2 Å². The smallest absolute Gasteiger partial charge is 0.167 e. The van der Waals surface area contributed by atoms with Gasteiger partial charge in [-0.15, -0.1) is 11.3 Å². The zero-order chi connectivity index (χ0) is 19.8. The molecule has 4 aromatic rings. The van der Waals surface area contributed by atoms with Gasteiger partial charge < -0.3 is 4.74 Å². The second-order valence-electron chi connectivity index (χ2n) is 7.26. The normalized spacial score (nSPS) is 16.6. The Morgan fingerprint density at radius 3 is 2.76 bits per heavy atom. The molecule has 0 bridgehead atoms. The molecule has 1 aliphatic rings. The number of hydrogen-bond acceptors (Lipinski definition) is 4. The van der Waals surface area contributed by atoms with Crippen molar-refractivity contribution in [3.8, 4) is 16.3 Å². The molecule has 2 aromatic heterocycles. The summed E-state index contributed by atoms with van der Waals surface area (Å²) in [5.74, 6) is 0.736. The maximum absolute atomic E-state index is 13.4. The Hall–Kier alpha value is -3.18. The number of carbonyl (C=O) groups excluding carboxylic acids is 1. The predicted octanol–water partition coefficient (Wildman–Crippen LogP) is 5.33.